The van der Waals surface area contributed by atoms with Crippen LogP contribution in [0, 0.1) is 5.92 Å². The van der Waals surface area contributed by atoms with Crippen LogP contribution >= 0.6 is 0 Å². The molecular weight excluding hydrogens is 204 g/mol. The maximum absolute atomic E-state index is 9.05. The first-order valence-electron chi connectivity index (χ1n) is 5.38. The van der Waals surface area contributed by atoms with Gasteiger partial charge >= 0.3 is 0 Å². The molecule has 2 unspecified atom stereocenters. The summed E-state index contributed by atoms with van der Waals surface area (Å²) >= 11 is 0. The van der Waals surface area contributed by atoms with Gasteiger partial charge in [0.15, 0.2) is 5.65 Å². The van der Waals surface area contributed by atoms with Crippen molar-refractivity contribution in [2.75, 3.05) is 11.9 Å². The summed E-state index contributed by atoms with van der Waals surface area (Å²) in [5, 5.41) is 16.4. The Morgan fingerprint density at radius 2 is 2.25 bits per heavy atom. The number of nitrogens with one attached hydrogen (secondary N) is 1. The highest BCUT2D eigenvalue weighted by atomic mass is 16.3. The summed E-state index contributed by atoms with van der Waals surface area (Å²) in [5.74, 6) is 1.00. The summed E-state index contributed by atoms with van der Waals surface area (Å²) < 4.78 is 1.71. The molecule has 0 aliphatic rings. The van der Waals surface area contributed by atoms with E-state index in [2.05, 4.69) is 15.4 Å². The van der Waals surface area contributed by atoms with Gasteiger partial charge in [-0.25, -0.2) is 9.50 Å². The molecule has 2 heterocycles. The smallest absolute Gasteiger partial charge is 0.157 e. The van der Waals surface area contributed by atoms with E-state index in [0.717, 1.165) is 11.5 Å². The molecule has 2 atom stereocenters. The third kappa shape index (κ3) is 2.14. The molecule has 2 rings (SSSR count). The van der Waals surface area contributed by atoms with Crippen molar-refractivity contribution in [2.24, 2.45) is 5.92 Å². The summed E-state index contributed by atoms with van der Waals surface area (Å²) in [5.41, 5.74) is 0.814. The number of hydrogen-bond donors (Lipinski definition) is 2. The number of rotatable bonds is 4. The van der Waals surface area contributed by atoms with Crippen molar-refractivity contribution in [1.82, 2.24) is 14.6 Å². The number of anilines is 1. The van der Waals surface area contributed by atoms with Gasteiger partial charge in [0.25, 0.3) is 0 Å². The zero-order valence-corrected chi connectivity index (χ0v) is 9.46. The minimum Gasteiger partial charge on any atom is -0.396 e. The minimum absolute atomic E-state index is 0.170. The minimum atomic E-state index is 0.170. The Morgan fingerprint density at radius 1 is 1.44 bits per heavy atom. The highest BCUT2D eigenvalue weighted by Gasteiger charge is 2.11. The maximum atomic E-state index is 9.05. The van der Waals surface area contributed by atoms with Gasteiger partial charge in [-0.15, -0.1) is 0 Å². The average Bonchev–Trinajstić information content (AvgIpc) is 2.75. The Balaban J connectivity index is 2.14. The van der Waals surface area contributed by atoms with Crippen LogP contribution in [0.4, 0.5) is 5.82 Å². The lowest BCUT2D eigenvalue weighted by Crippen LogP contribution is -2.26. The Labute approximate surface area is 94.1 Å². The van der Waals surface area contributed by atoms with E-state index < -0.39 is 0 Å². The lowest BCUT2D eigenvalue weighted by Gasteiger charge is -2.19. The molecule has 0 saturated heterocycles. The Bertz CT molecular complexity index is 468. The molecular formula is C11H16N4O. The summed E-state index contributed by atoms with van der Waals surface area (Å²) in [6.07, 6.45) is 3.58. The van der Waals surface area contributed by atoms with E-state index in [1.165, 1.54) is 0 Å². The van der Waals surface area contributed by atoms with Crippen molar-refractivity contribution < 1.29 is 5.11 Å². The largest absolute Gasteiger partial charge is 0.396 e. The van der Waals surface area contributed by atoms with E-state index in [1.807, 2.05) is 32.2 Å². The first-order valence-corrected chi connectivity index (χ1v) is 5.38. The lowest BCUT2D eigenvalue weighted by molar-refractivity contribution is 0.226. The van der Waals surface area contributed by atoms with E-state index in [-0.39, 0.29) is 18.6 Å². The number of nitrogens with zero attached hydrogens (tertiary/aromatic N) is 3. The molecule has 16 heavy (non-hydrogen) atoms. The summed E-state index contributed by atoms with van der Waals surface area (Å²) in [7, 11) is 0. The van der Waals surface area contributed by atoms with Crippen molar-refractivity contribution >= 4 is 11.5 Å². The van der Waals surface area contributed by atoms with Crippen molar-refractivity contribution in [1.29, 1.82) is 0 Å². The molecule has 0 saturated carbocycles. The predicted molar refractivity (Wildman–Crippen MR) is 62.3 cm³/mol. The number of fused-ring (bicyclic) bond motifs is 1. The van der Waals surface area contributed by atoms with Crippen LogP contribution in [0.25, 0.3) is 5.65 Å². The molecule has 0 amide bonds. The second-order valence-corrected chi connectivity index (χ2v) is 4.04. The van der Waals surface area contributed by atoms with Crippen molar-refractivity contribution in [3.8, 4) is 0 Å². The van der Waals surface area contributed by atoms with E-state index in [9.17, 15) is 0 Å². The molecule has 2 aromatic rings. The van der Waals surface area contributed by atoms with Gasteiger partial charge in [0, 0.05) is 24.9 Å². The highest BCUT2D eigenvalue weighted by molar-refractivity contribution is 5.45. The molecule has 0 bridgehead atoms. The van der Waals surface area contributed by atoms with E-state index in [4.69, 9.17) is 5.11 Å². The second-order valence-electron chi connectivity index (χ2n) is 4.04. The normalized spacial score (nSPS) is 14.9. The maximum Gasteiger partial charge on any atom is 0.157 e. The lowest BCUT2D eigenvalue weighted by atomic mass is 10.1. The summed E-state index contributed by atoms with van der Waals surface area (Å²) in [6.45, 7) is 4.20. The zero-order chi connectivity index (χ0) is 11.5. The van der Waals surface area contributed by atoms with E-state index in [0.29, 0.717) is 0 Å². The number of hydrogen-bond acceptors (Lipinski definition) is 4. The fraction of sp³-hybridized carbons (Fsp3) is 0.455. The molecule has 0 spiro atoms. The fourth-order valence-electron chi connectivity index (χ4n) is 1.43. The van der Waals surface area contributed by atoms with Gasteiger partial charge in [0.1, 0.15) is 5.82 Å². The van der Waals surface area contributed by atoms with E-state index in [1.54, 1.807) is 10.7 Å². The van der Waals surface area contributed by atoms with Crippen molar-refractivity contribution in [2.45, 2.75) is 19.9 Å². The topological polar surface area (TPSA) is 62.5 Å². The second kappa shape index (κ2) is 4.49. The Kier molecular flexibility index (Phi) is 3.05. The van der Waals surface area contributed by atoms with Gasteiger partial charge in [0.05, 0.1) is 6.20 Å². The Hall–Kier alpha value is -1.62. The Morgan fingerprint density at radius 3 is 3.00 bits per heavy atom. The van der Waals surface area contributed by atoms with Crippen LogP contribution in [0.2, 0.25) is 0 Å². The summed E-state index contributed by atoms with van der Waals surface area (Å²) in [6, 6.07) is 3.91. The molecule has 0 fully saturated rings. The number of aromatic nitrogens is 3. The molecule has 0 aliphatic carbocycles. The monoisotopic (exact) mass is 220 g/mol. The average molecular weight is 220 g/mol. The van der Waals surface area contributed by atoms with Gasteiger partial charge in [-0.1, -0.05) is 6.92 Å². The van der Waals surface area contributed by atoms with Gasteiger partial charge in [-0.2, -0.15) is 5.10 Å². The number of aliphatic hydroxyl groups is 1. The van der Waals surface area contributed by atoms with Crippen LogP contribution < -0.4 is 5.32 Å². The van der Waals surface area contributed by atoms with Crippen LogP contribution in [0.15, 0.2) is 24.5 Å². The molecule has 86 valence electrons. The van der Waals surface area contributed by atoms with Crippen LogP contribution in [0.3, 0.4) is 0 Å². The van der Waals surface area contributed by atoms with Gasteiger partial charge in [0.2, 0.25) is 0 Å². The van der Waals surface area contributed by atoms with Gasteiger partial charge in [-0.3, -0.25) is 0 Å². The molecule has 0 aromatic carbocycles. The SMILES string of the molecule is CC(CO)C(C)Nc1ccn2nccc2n1. The van der Waals surface area contributed by atoms with Crippen molar-refractivity contribution in [3.05, 3.63) is 24.5 Å². The predicted octanol–water partition coefficient (Wildman–Crippen LogP) is 1.16. The third-order valence-electron chi connectivity index (χ3n) is 2.78. The van der Waals surface area contributed by atoms with Gasteiger partial charge in [-0.05, 0) is 18.9 Å². The standard InChI is InChI=1S/C11H16N4O/c1-8(7-16)9(2)13-10-4-6-15-11(14-10)3-5-12-15/h3-6,8-9,16H,7H2,1-2H3,(H,13,14). The molecule has 5 heteroatoms. The van der Waals surface area contributed by atoms with Crippen LogP contribution in [-0.4, -0.2) is 32.4 Å². The zero-order valence-electron chi connectivity index (χ0n) is 9.46. The molecule has 5 nitrogen and oxygen atoms in total. The van der Waals surface area contributed by atoms with Crippen LogP contribution in [0.5, 0.6) is 0 Å². The van der Waals surface area contributed by atoms with Gasteiger partial charge < -0.3 is 10.4 Å². The van der Waals surface area contributed by atoms with E-state index >= 15 is 0 Å². The molecule has 2 aromatic heterocycles. The molecule has 2 N–H and O–H groups in total. The summed E-state index contributed by atoms with van der Waals surface area (Å²) in [4.78, 5) is 4.40. The first kappa shape index (κ1) is 10.9. The van der Waals surface area contributed by atoms with Crippen molar-refractivity contribution in [3.63, 3.8) is 0 Å². The third-order valence-corrected chi connectivity index (χ3v) is 2.78. The highest BCUT2D eigenvalue weighted by Crippen LogP contribution is 2.11. The number of aliphatic hydroxyl groups excluding tert-OH is 1. The fourth-order valence-corrected chi connectivity index (χ4v) is 1.43. The van der Waals surface area contributed by atoms with Crippen LogP contribution in [0.1, 0.15) is 13.8 Å². The first-order chi connectivity index (χ1) is 7.70. The quantitative estimate of drug-likeness (QED) is 0.811. The van der Waals surface area contributed by atoms with Crippen LogP contribution in [-0.2, 0) is 0 Å². The molecule has 0 aliphatic heterocycles. The molecule has 0 radical (unpaired) electrons.